The lowest BCUT2D eigenvalue weighted by atomic mass is 10.2. The highest BCUT2D eigenvalue weighted by atomic mass is 16.5. The van der Waals surface area contributed by atoms with Crippen LogP contribution in [0.25, 0.3) is 0 Å². The number of hydrogen-bond donors (Lipinski definition) is 2. The predicted octanol–water partition coefficient (Wildman–Crippen LogP) is 2.43. The molecule has 0 aromatic heterocycles. The van der Waals surface area contributed by atoms with Gasteiger partial charge in [0.05, 0.1) is 19.0 Å². The van der Waals surface area contributed by atoms with Gasteiger partial charge in [-0.05, 0) is 30.7 Å². The SMILES string of the molecule is CCCOc1ccc(OCC(C)C(=N)N)cc1. The highest BCUT2D eigenvalue weighted by Crippen LogP contribution is 2.18. The van der Waals surface area contributed by atoms with E-state index in [4.69, 9.17) is 20.6 Å². The highest BCUT2D eigenvalue weighted by molar-refractivity contribution is 5.79. The first kappa shape index (κ1) is 13.4. The lowest BCUT2D eigenvalue weighted by molar-refractivity contribution is 0.289. The van der Waals surface area contributed by atoms with Crippen LogP contribution in [-0.4, -0.2) is 19.0 Å². The fourth-order valence-corrected chi connectivity index (χ4v) is 1.16. The quantitative estimate of drug-likeness (QED) is 0.564. The van der Waals surface area contributed by atoms with Gasteiger partial charge in [-0.25, -0.2) is 0 Å². The van der Waals surface area contributed by atoms with E-state index in [0.29, 0.717) is 6.61 Å². The fraction of sp³-hybridized carbons (Fsp3) is 0.462. The molecule has 0 heterocycles. The Morgan fingerprint density at radius 1 is 1.24 bits per heavy atom. The molecule has 1 aromatic carbocycles. The Kier molecular flexibility index (Phi) is 5.33. The zero-order valence-electron chi connectivity index (χ0n) is 10.4. The van der Waals surface area contributed by atoms with Gasteiger partial charge in [-0.2, -0.15) is 0 Å². The molecule has 3 N–H and O–H groups in total. The van der Waals surface area contributed by atoms with Gasteiger partial charge in [0.15, 0.2) is 0 Å². The van der Waals surface area contributed by atoms with Gasteiger partial charge < -0.3 is 15.2 Å². The molecule has 4 nitrogen and oxygen atoms in total. The third-order valence-electron chi connectivity index (χ3n) is 2.33. The van der Waals surface area contributed by atoms with Crippen LogP contribution < -0.4 is 15.2 Å². The second-order valence-corrected chi connectivity index (χ2v) is 3.99. The Balaban J connectivity index is 2.42. The summed E-state index contributed by atoms with van der Waals surface area (Å²) in [4.78, 5) is 0. The molecule has 0 aliphatic heterocycles. The maximum Gasteiger partial charge on any atom is 0.119 e. The molecule has 17 heavy (non-hydrogen) atoms. The molecule has 0 radical (unpaired) electrons. The van der Waals surface area contributed by atoms with E-state index in [0.717, 1.165) is 24.5 Å². The van der Waals surface area contributed by atoms with E-state index in [1.54, 1.807) is 0 Å². The lowest BCUT2D eigenvalue weighted by Crippen LogP contribution is -2.25. The van der Waals surface area contributed by atoms with Gasteiger partial charge in [0.25, 0.3) is 0 Å². The van der Waals surface area contributed by atoms with Gasteiger partial charge in [-0.15, -0.1) is 0 Å². The molecule has 0 spiro atoms. The normalized spacial score (nSPS) is 11.9. The van der Waals surface area contributed by atoms with Crippen LogP contribution in [0.5, 0.6) is 11.5 Å². The molecule has 94 valence electrons. The Hall–Kier alpha value is -1.71. The molecule has 0 saturated carbocycles. The van der Waals surface area contributed by atoms with Crippen LogP contribution in [0.1, 0.15) is 20.3 Å². The molecule has 0 amide bonds. The van der Waals surface area contributed by atoms with Crippen molar-refractivity contribution in [3.8, 4) is 11.5 Å². The number of benzene rings is 1. The summed E-state index contributed by atoms with van der Waals surface area (Å²) in [6.45, 7) is 5.08. The van der Waals surface area contributed by atoms with Crippen molar-refractivity contribution in [1.29, 1.82) is 5.41 Å². The monoisotopic (exact) mass is 236 g/mol. The van der Waals surface area contributed by atoms with Gasteiger partial charge in [0, 0.05) is 5.92 Å². The van der Waals surface area contributed by atoms with Crippen molar-refractivity contribution in [1.82, 2.24) is 0 Å². The third kappa shape index (κ3) is 4.76. The van der Waals surface area contributed by atoms with Gasteiger partial charge in [0.1, 0.15) is 11.5 Å². The first-order valence-corrected chi connectivity index (χ1v) is 5.83. The van der Waals surface area contributed by atoms with E-state index in [1.807, 2.05) is 31.2 Å². The van der Waals surface area contributed by atoms with E-state index in [1.165, 1.54) is 0 Å². The van der Waals surface area contributed by atoms with Crippen molar-refractivity contribution in [2.75, 3.05) is 13.2 Å². The zero-order chi connectivity index (χ0) is 12.7. The highest BCUT2D eigenvalue weighted by Gasteiger charge is 2.05. The van der Waals surface area contributed by atoms with Gasteiger partial charge in [0.2, 0.25) is 0 Å². The first-order chi connectivity index (χ1) is 8.13. The largest absolute Gasteiger partial charge is 0.494 e. The minimum Gasteiger partial charge on any atom is -0.494 e. The second-order valence-electron chi connectivity index (χ2n) is 3.99. The van der Waals surface area contributed by atoms with Crippen LogP contribution in [0, 0.1) is 11.3 Å². The van der Waals surface area contributed by atoms with Crippen molar-refractivity contribution in [2.45, 2.75) is 20.3 Å². The molecule has 0 aliphatic carbocycles. The van der Waals surface area contributed by atoms with Crippen molar-refractivity contribution in [2.24, 2.45) is 11.7 Å². The van der Waals surface area contributed by atoms with Crippen molar-refractivity contribution >= 4 is 5.84 Å². The Bertz CT molecular complexity index is 349. The molecular weight excluding hydrogens is 216 g/mol. The summed E-state index contributed by atoms with van der Waals surface area (Å²) in [5.74, 6) is 1.69. The molecular formula is C13H20N2O2. The Morgan fingerprint density at radius 3 is 2.24 bits per heavy atom. The summed E-state index contributed by atoms with van der Waals surface area (Å²) in [6.07, 6.45) is 0.994. The third-order valence-corrected chi connectivity index (χ3v) is 2.33. The van der Waals surface area contributed by atoms with E-state index in [-0.39, 0.29) is 11.8 Å². The summed E-state index contributed by atoms with van der Waals surface area (Å²) < 4.78 is 11.0. The minimum absolute atomic E-state index is 0.0639. The number of hydrogen-bond acceptors (Lipinski definition) is 3. The maximum atomic E-state index is 7.25. The summed E-state index contributed by atoms with van der Waals surface area (Å²) in [6, 6.07) is 7.47. The molecule has 0 bridgehead atoms. The van der Waals surface area contributed by atoms with E-state index in [9.17, 15) is 0 Å². The second kappa shape index (κ2) is 6.78. The Morgan fingerprint density at radius 2 is 1.76 bits per heavy atom. The Labute approximate surface area is 102 Å². The topological polar surface area (TPSA) is 68.3 Å². The van der Waals surface area contributed by atoms with Crippen LogP contribution >= 0.6 is 0 Å². The zero-order valence-corrected chi connectivity index (χ0v) is 10.4. The average molecular weight is 236 g/mol. The standard InChI is InChI=1S/C13H20N2O2/c1-3-8-16-11-4-6-12(7-5-11)17-9-10(2)13(14)15/h4-7,10H,3,8-9H2,1-2H3,(H3,14,15). The van der Waals surface area contributed by atoms with E-state index in [2.05, 4.69) is 6.92 Å². The molecule has 0 saturated heterocycles. The molecule has 0 aliphatic rings. The van der Waals surface area contributed by atoms with E-state index >= 15 is 0 Å². The minimum atomic E-state index is -0.0639. The van der Waals surface area contributed by atoms with Gasteiger partial charge >= 0.3 is 0 Å². The first-order valence-electron chi connectivity index (χ1n) is 5.83. The number of nitrogens with two attached hydrogens (primary N) is 1. The molecule has 4 heteroatoms. The summed E-state index contributed by atoms with van der Waals surface area (Å²) >= 11 is 0. The van der Waals surface area contributed by atoms with Crippen molar-refractivity contribution in [3.63, 3.8) is 0 Å². The predicted molar refractivity (Wildman–Crippen MR) is 68.8 cm³/mol. The number of nitrogens with one attached hydrogen (secondary N) is 1. The number of ether oxygens (including phenoxy) is 2. The molecule has 0 fully saturated rings. The number of amidine groups is 1. The summed E-state index contributed by atoms with van der Waals surface area (Å²) in [5.41, 5.74) is 5.36. The van der Waals surface area contributed by atoms with Crippen LogP contribution in [-0.2, 0) is 0 Å². The van der Waals surface area contributed by atoms with Crippen molar-refractivity contribution in [3.05, 3.63) is 24.3 Å². The lowest BCUT2D eigenvalue weighted by Gasteiger charge is -2.12. The maximum absolute atomic E-state index is 7.25. The molecule has 1 atom stereocenters. The summed E-state index contributed by atoms with van der Waals surface area (Å²) in [5, 5.41) is 7.25. The molecule has 1 rings (SSSR count). The average Bonchev–Trinajstić information content (AvgIpc) is 2.34. The van der Waals surface area contributed by atoms with Gasteiger partial charge in [-0.3, -0.25) is 5.41 Å². The smallest absolute Gasteiger partial charge is 0.119 e. The molecule has 1 aromatic rings. The number of rotatable bonds is 7. The van der Waals surface area contributed by atoms with Crippen LogP contribution in [0.3, 0.4) is 0 Å². The van der Waals surface area contributed by atoms with Gasteiger partial charge in [-0.1, -0.05) is 13.8 Å². The van der Waals surface area contributed by atoms with Crippen LogP contribution in [0.2, 0.25) is 0 Å². The summed E-state index contributed by atoms with van der Waals surface area (Å²) in [7, 11) is 0. The fourth-order valence-electron chi connectivity index (χ4n) is 1.16. The molecule has 1 unspecified atom stereocenters. The van der Waals surface area contributed by atoms with Crippen LogP contribution in [0.4, 0.5) is 0 Å². The van der Waals surface area contributed by atoms with Crippen LogP contribution in [0.15, 0.2) is 24.3 Å². The van der Waals surface area contributed by atoms with E-state index < -0.39 is 0 Å². The van der Waals surface area contributed by atoms with Crippen molar-refractivity contribution < 1.29 is 9.47 Å².